The van der Waals surface area contributed by atoms with Gasteiger partial charge in [-0.15, -0.1) is 0 Å². The average molecular weight is 397 g/mol. The molecule has 0 fully saturated rings. The van der Waals surface area contributed by atoms with E-state index in [0.717, 1.165) is 0 Å². The molecule has 2 aromatic carbocycles. The lowest BCUT2D eigenvalue weighted by molar-refractivity contribution is -0.133. The minimum atomic E-state index is -1.30. The highest BCUT2D eigenvalue weighted by molar-refractivity contribution is 6.09. The molecule has 3 rings (SSSR count). The molecule has 4 N–H and O–H groups in total. The number of nitrogens with zero attached hydrogens (tertiary/aromatic N) is 1. The monoisotopic (exact) mass is 397 g/mol. The molecule has 150 valence electrons. The van der Waals surface area contributed by atoms with E-state index in [1.807, 2.05) is 0 Å². The fourth-order valence-electron chi connectivity index (χ4n) is 3.00. The zero-order chi connectivity index (χ0) is 21.3. The molecule has 9 heteroatoms. The molecule has 9 nitrogen and oxygen atoms in total. The molecule has 0 radical (unpaired) electrons. The number of para-hydroxylation sites is 1. The summed E-state index contributed by atoms with van der Waals surface area (Å²) in [6.07, 6.45) is 0. The van der Waals surface area contributed by atoms with Crippen LogP contribution in [0.15, 0.2) is 42.5 Å². The van der Waals surface area contributed by atoms with Crippen molar-refractivity contribution in [1.82, 2.24) is 0 Å². The maximum atomic E-state index is 12.8. The first-order chi connectivity index (χ1) is 13.6. The van der Waals surface area contributed by atoms with Crippen molar-refractivity contribution in [3.63, 3.8) is 0 Å². The van der Waals surface area contributed by atoms with E-state index in [1.165, 1.54) is 49.1 Å². The van der Waals surface area contributed by atoms with Crippen molar-refractivity contribution in [2.24, 2.45) is 5.73 Å². The van der Waals surface area contributed by atoms with Gasteiger partial charge < -0.3 is 20.9 Å². The van der Waals surface area contributed by atoms with E-state index >= 15 is 0 Å². The van der Waals surface area contributed by atoms with Crippen LogP contribution in [0.25, 0.3) is 0 Å². The van der Waals surface area contributed by atoms with Gasteiger partial charge in [-0.1, -0.05) is 12.1 Å². The van der Waals surface area contributed by atoms with Gasteiger partial charge in [-0.3, -0.25) is 19.3 Å². The van der Waals surface area contributed by atoms with E-state index < -0.39 is 29.3 Å². The summed E-state index contributed by atoms with van der Waals surface area (Å²) in [6.45, 7) is 2.69. The Labute approximate surface area is 166 Å². The van der Waals surface area contributed by atoms with Gasteiger partial charge >= 0.3 is 5.97 Å². The molecule has 1 heterocycles. The Balaban J connectivity index is 1.90. The second kappa shape index (κ2) is 7.27. The highest BCUT2D eigenvalue weighted by Crippen LogP contribution is 2.38. The lowest BCUT2D eigenvalue weighted by Gasteiger charge is -2.38. The number of nitrogens with two attached hydrogens (primary N) is 1. The van der Waals surface area contributed by atoms with Crippen molar-refractivity contribution in [3.05, 3.63) is 53.6 Å². The van der Waals surface area contributed by atoms with E-state index in [0.29, 0.717) is 0 Å². The third-order valence-corrected chi connectivity index (χ3v) is 4.39. The van der Waals surface area contributed by atoms with Crippen molar-refractivity contribution in [1.29, 1.82) is 0 Å². The summed E-state index contributed by atoms with van der Waals surface area (Å²) in [5, 5.41) is 11.8. The Morgan fingerprint density at radius 3 is 2.52 bits per heavy atom. The molecule has 0 aromatic heterocycles. The zero-order valence-corrected chi connectivity index (χ0v) is 15.8. The lowest BCUT2D eigenvalue weighted by Crippen LogP contribution is -2.54. The third kappa shape index (κ3) is 3.88. The SMILES string of the molecule is CC1(C)Oc2cc(C(=O)O)ccc2N(CC(=O)Nc2ccccc2C(N)=O)C1=O. The van der Waals surface area contributed by atoms with Gasteiger partial charge in [0.15, 0.2) is 5.60 Å². The largest absolute Gasteiger partial charge is 0.478 e. The van der Waals surface area contributed by atoms with Crippen LogP contribution < -0.4 is 20.7 Å². The third-order valence-electron chi connectivity index (χ3n) is 4.39. The van der Waals surface area contributed by atoms with Crippen LogP contribution in [0.4, 0.5) is 11.4 Å². The molecule has 0 unspecified atom stereocenters. The molecule has 1 aliphatic heterocycles. The lowest BCUT2D eigenvalue weighted by atomic mass is 10.0. The van der Waals surface area contributed by atoms with Gasteiger partial charge in [-0.2, -0.15) is 0 Å². The van der Waals surface area contributed by atoms with Crippen molar-refractivity contribution < 1.29 is 29.0 Å². The van der Waals surface area contributed by atoms with Crippen LogP contribution in [0, 0.1) is 0 Å². The summed E-state index contributed by atoms with van der Waals surface area (Å²) in [5.41, 5.74) is 4.66. The maximum Gasteiger partial charge on any atom is 0.335 e. The predicted molar refractivity (Wildman–Crippen MR) is 104 cm³/mol. The number of carbonyl (C=O) groups is 4. The number of nitrogens with one attached hydrogen (secondary N) is 1. The Morgan fingerprint density at radius 2 is 1.86 bits per heavy atom. The fraction of sp³-hybridized carbons (Fsp3) is 0.200. The molecule has 2 aromatic rings. The Hall–Kier alpha value is -3.88. The van der Waals surface area contributed by atoms with Crippen LogP contribution in [0.3, 0.4) is 0 Å². The number of carboxylic acids is 1. The van der Waals surface area contributed by atoms with E-state index in [4.69, 9.17) is 10.5 Å². The number of hydrogen-bond acceptors (Lipinski definition) is 5. The van der Waals surface area contributed by atoms with Crippen LogP contribution in [0.5, 0.6) is 5.75 Å². The molecule has 0 saturated carbocycles. The van der Waals surface area contributed by atoms with Gasteiger partial charge in [0, 0.05) is 0 Å². The molecule has 0 atom stereocenters. The highest BCUT2D eigenvalue weighted by Gasteiger charge is 2.41. The van der Waals surface area contributed by atoms with Gasteiger partial charge in [0.2, 0.25) is 5.91 Å². The second-order valence-corrected chi connectivity index (χ2v) is 6.95. The number of rotatable bonds is 5. The molecule has 0 bridgehead atoms. The van der Waals surface area contributed by atoms with Crippen molar-refractivity contribution in [2.45, 2.75) is 19.4 Å². The van der Waals surface area contributed by atoms with Gasteiger partial charge in [0.25, 0.3) is 11.8 Å². The van der Waals surface area contributed by atoms with Crippen LogP contribution >= 0.6 is 0 Å². The molecule has 0 aliphatic carbocycles. The van der Waals surface area contributed by atoms with E-state index in [9.17, 15) is 24.3 Å². The Bertz CT molecular complexity index is 1030. The molecule has 29 heavy (non-hydrogen) atoms. The van der Waals surface area contributed by atoms with E-state index in [-0.39, 0.29) is 34.8 Å². The van der Waals surface area contributed by atoms with Crippen LogP contribution in [0.2, 0.25) is 0 Å². The summed E-state index contributed by atoms with van der Waals surface area (Å²) < 4.78 is 5.66. The molecule has 3 amide bonds. The summed E-state index contributed by atoms with van der Waals surface area (Å²) in [7, 11) is 0. The Morgan fingerprint density at radius 1 is 1.17 bits per heavy atom. The summed E-state index contributed by atoms with van der Waals surface area (Å²) in [4.78, 5) is 49.4. The highest BCUT2D eigenvalue weighted by atomic mass is 16.5. The number of benzene rings is 2. The van der Waals surface area contributed by atoms with E-state index in [1.54, 1.807) is 12.1 Å². The predicted octanol–water partition coefficient (Wildman–Crippen LogP) is 1.63. The van der Waals surface area contributed by atoms with Gasteiger partial charge in [0.1, 0.15) is 12.3 Å². The average Bonchev–Trinajstić information content (AvgIpc) is 2.64. The summed E-state index contributed by atoms with van der Waals surface area (Å²) in [6, 6.07) is 10.3. The number of primary amides is 1. The first kappa shape index (κ1) is 19.9. The van der Waals surface area contributed by atoms with E-state index in [2.05, 4.69) is 5.32 Å². The number of amides is 3. The van der Waals surface area contributed by atoms with Gasteiger partial charge in [-0.25, -0.2) is 4.79 Å². The number of carbonyl (C=O) groups excluding carboxylic acids is 3. The number of ether oxygens (including phenoxy) is 1. The Kier molecular flexibility index (Phi) is 4.98. The van der Waals surface area contributed by atoms with Crippen molar-refractivity contribution in [3.8, 4) is 5.75 Å². The number of fused-ring (bicyclic) bond motifs is 1. The minimum Gasteiger partial charge on any atom is -0.478 e. The van der Waals surface area contributed by atoms with Crippen LogP contribution in [-0.4, -0.2) is 40.9 Å². The number of anilines is 2. The van der Waals surface area contributed by atoms with Crippen molar-refractivity contribution >= 4 is 35.1 Å². The van der Waals surface area contributed by atoms with Crippen LogP contribution in [0.1, 0.15) is 34.6 Å². The van der Waals surface area contributed by atoms with Gasteiger partial charge in [-0.05, 0) is 44.2 Å². The molecule has 0 spiro atoms. The standard InChI is InChI=1S/C20H19N3O6/c1-20(2)19(28)23(14-8-7-11(18(26)27)9-15(14)29-20)10-16(24)22-13-6-4-3-5-12(13)17(21)25/h3-9H,10H2,1-2H3,(H2,21,25)(H,22,24)(H,26,27). The first-order valence-electron chi connectivity index (χ1n) is 8.67. The summed E-state index contributed by atoms with van der Waals surface area (Å²) in [5.74, 6) is -2.68. The van der Waals surface area contributed by atoms with Crippen molar-refractivity contribution in [2.75, 3.05) is 16.8 Å². The second-order valence-electron chi connectivity index (χ2n) is 6.95. The topological polar surface area (TPSA) is 139 Å². The molecule has 0 saturated heterocycles. The normalized spacial score (nSPS) is 14.6. The molecule has 1 aliphatic rings. The molecular formula is C20H19N3O6. The van der Waals surface area contributed by atoms with Gasteiger partial charge in [0.05, 0.1) is 22.5 Å². The first-order valence-corrected chi connectivity index (χ1v) is 8.67. The van der Waals surface area contributed by atoms with Crippen LogP contribution in [-0.2, 0) is 9.59 Å². The quantitative estimate of drug-likeness (QED) is 0.701. The number of carboxylic acid groups (broad SMARTS) is 1. The fourth-order valence-corrected chi connectivity index (χ4v) is 3.00. The number of aromatic carboxylic acids is 1. The minimum absolute atomic E-state index is 0.00585. The maximum absolute atomic E-state index is 12.8. The zero-order valence-electron chi connectivity index (χ0n) is 15.8. The smallest absolute Gasteiger partial charge is 0.335 e. The summed E-state index contributed by atoms with van der Waals surface area (Å²) >= 11 is 0. The molecular weight excluding hydrogens is 378 g/mol. The number of hydrogen-bond donors (Lipinski definition) is 3.